The standard InChI is InChI=1S/C12H17F2NO4S/c1-4-7-20(16,17)15-9-6-5-8(13)10(11(9)14)12(18-2)19-3/h5-6,12,15H,4,7H2,1-3H3. The van der Waals surface area contributed by atoms with Crippen molar-refractivity contribution in [3.05, 3.63) is 29.3 Å². The fourth-order valence-corrected chi connectivity index (χ4v) is 2.82. The highest BCUT2D eigenvalue weighted by molar-refractivity contribution is 7.92. The molecule has 0 radical (unpaired) electrons. The number of hydrogen-bond donors (Lipinski definition) is 1. The molecule has 0 amide bonds. The Morgan fingerprint density at radius 2 is 1.85 bits per heavy atom. The molecule has 1 aromatic carbocycles. The van der Waals surface area contributed by atoms with E-state index >= 15 is 0 Å². The highest BCUT2D eigenvalue weighted by Gasteiger charge is 2.24. The molecule has 5 nitrogen and oxygen atoms in total. The van der Waals surface area contributed by atoms with Gasteiger partial charge in [0.15, 0.2) is 12.1 Å². The van der Waals surface area contributed by atoms with Gasteiger partial charge in [0.05, 0.1) is 17.0 Å². The summed E-state index contributed by atoms with van der Waals surface area (Å²) in [6, 6.07) is 1.97. The lowest BCUT2D eigenvalue weighted by molar-refractivity contribution is -0.109. The topological polar surface area (TPSA) is 64.6 Å². The smallest absolute Gasteiger partial charge is 0.232 e. The van der Waals surface area contributed by atoms with Gasteiger partial charge in [0.25, 0.3) is 0 Å². The normalized spacial score (nSPS) is 11.9. The second kappa shape index (κ2) is 6.96. The number of rotatable bonds is 7. The minimum Gasteiger partial charge on any atom is -0.351 e. The predicted octanol–water partition coefficient (Wildman–Crippen LogP) is 2.41. The first kappa shape index (κ1) is 16.8. The monoisotopic (exact) mass is 309 g/mol. The molecule has 0 aromatic heterocycles. The largest absolute Gasteiger partial charge is 0.351 e. The van der Waals surface area contributed by atoms with Gasteiger partial charge < -0.3 is 9.47 Å². The van der Waals surface area contributed by atoms with Crippen molar-refractivity contribution >= 4 is 15.7 Å². The van der Waals surface area contributed by atoms with E-state index in [9.17, 15) is 17.2 Å². The zero-order valence-electron chi connectivity index (χ0n) is 11.4. The first-order valence-electron chi connectivity index (χ1n) is 5.90. The van der Waals surface area contributed by atoms with Crippen molar-refractivity contribution in [2.45, 2.75) is 19.6 Å². The van der Waals surface area contributed by atoms with Gasteiger partial charge in [-0.05, 0) is 18.6 Å². The molecule has 0 aliphatic heterocycles. The molecular formula is C12H17F2NO4S. The fourth-order valence-electron chi connectivity index (χ4n) is 1.68. The Labute approximate surface area is 116 Å². The number of sulfonamides is 1. The second-order valence-corrected chi connectivity index (χ2v) is 5.89. The average molecular weight is 309 g/mol. The van der Waals surface area contributed by atoms with E-state index in [1.165, 1.54) is 14.2 Å². The molecule has 8 heteroatoms. The van der Waals surface area contributed by atoms with Crippen LogP contribution in [0.25, 0.3) is 0 Å². The van der Waals surface area contributed by atoms with Crippen LogP contribution in [-0.4, -0.2) is 28.4 Å². The lowest BCUT2D eigenvalue weighted by atomic mass is 10.1. The van der Waals surface area contributed by atoms with Gasteiger partial charge in [-0.2, -0.15) is 0 Å². The summed E-state index contributed by atoms with van der Waals surface area (Å²) < 4.78 is 62.8. The highest BCUT2D eigenvalue weighted by atomic mass is 32.2. The maximum absolute atomic E-state index is 14.2. The number of nitrogens with one attached hydrogen (secondary N) is 1. The van der Waals surface area contributed by atoms with E-state index in [4.69, 9.17) is 9.47 Å². The molecule has 0 spiro atoms. The second-order valence-electron chi connectivity index (χ2n) is 4.05. The molecular weight excluding hydrogens is 292 g/mol. The van der Waals surface area contributed by atoms with Crippen molar-refractivity contribution in [2.24, 2.45) is 0 Å². The SMILES string of the molecule is CCCS(=O)(=O)Nc1ccc(F)c(C(OC)OC)c1F. The quantitative estimate of drug-likeness (QED) is 0.786. The first-order chi connectivity index (χ1) is 9.36. The van der Waals surface area contributed by atoms with E-state index in [0.29, 0.717) is 6.42 Å². The van der Waals surface area contributed by atoms with Crippen molar-refractivity contribution in [3.8, 4) is 0 Å². The summed E-state index contributed by atoms with van der Waals surface area (Å²) in [4.78, 5) is 0. The van der Waals surface area contributed by atoms with Gasteiger partial charge >= 0.3 is 0 Å². The zero-order chi connectivity index (χ0) is 15.3. The van der Waals surface area contributed by atoms with Crippen molar-refractivity contribution in [3.63, 3.8) is 0 Å². The molecule has 0 atom stereocenters. The maximum atomic E-state index is 14.2. The van der Waals surface area contributed by atoms with Crippen LogP contribution in [0.2, 0.25) is 0 Å². The van der Waals surface area contributed by atoms with Gasteiger partial charge in [-0.3, -0.25) is 4.72 Å². The number of hydrogen-bond acceptors (Lipinski definition) is 4. The van der Waals surface area contributed by atoms with Crippen LogP contribution in [0.4, 0.5) is 14.5 Å². The number of anilines is 1. The first-order valence-corrected chi connectivity index (χ1v) is 7.55. The number of ether oxygens (including phenoxy) is 2. The molecule has 0 aliphatic carbocycles. The van der Waals surface area contributed by atoms with Crippen LogP contribution in [0.1, 0.15) is 25.2 Å². The third-order valence-corrected chi connectivity index (χ3v) is 4.01. The van der Waals surface area contributed by atoms with Gasteiger partial charge in [-0.1, -0.05) is 6.92 Å². The molecule has 20 heavy (non-hydrogen) atoms. The van der Waals surface area contributed by atoms with Gasteiger partial charge in [0.2, 0.25) is 10.0 Å². The predicted molar refractivity (Wildman–Crippen MR) is 70.8 cm³/mol. The van der Waals surface area contributed by atoms with Crippen LogP contribution in [0.5, 0.6) is 0 Å². The lowest BCUT2D eigenvalue weighted by Crippen LogP contribution is -2.18. The Morgan fingerprint density at radius 3 is 2.35 bits per heavy atom. The summed E-state index contributed by atoms with van der Waals surface area (Å²) in [6.07, 6.45) is -0.880. The third kappa shape index (κ3) is 3.87. The molecule has 1 N–H and O–H groups in total. The lowest BCUT2D eigenvalue weighted by Gasteiger charge is -2.17. The molecule has 0 saturated carbocycles. The third-order valence-electron chi connectivity index (χ3n) is 2.53. The Hall–Kier alpha value is -1.25. The van der Waals surface area contributed by atoms with E-state index in [0.717, 1.165) is 12.1 Å². The molecule has 1 rings (SSSR count). The van der Waals surface area contributed by atoms with Crippen molar-refractivity contribution < 1.29 is 26.7 Å². The highest BCUT2D eigenvalue weighted by Crippen LogP contribution is 2.29. The van der Waals surface area contributed by atoms with Gasteiger partial charge in [-0.25, -0.2) is 17.2 Å². The van der Waals surface area contributed by atoms with Gasteiger partial charge in [0.1, 0.15) is 5.82 Å². The number of methoxy groups -OCH3 is 2. The van der Waals surface area contributed by atoms with E-state index in [2.05, 4.69) is 4.72 Å². The van der Waals surface area contributed by atoms with E-state index in [1.807, 2.05) is 0 Å². The summed E-state index contributed by atoms with van der Waals surface area (Å²) in [7, 11) is -1.22. The summed E-state index contributed by atoms with van der Waals surface area (Å²) in [5.74, 6) is -2.09. The molecule has 1 aromatic rings. The number of halogens is 2. The van der Waals surface area contributed by atoms with Crippen molar-refractivity contribution in [1.82, 2.24) is 0 Å². The maximum Gasteiger partial charge on any atom is 0.232 e. The molecule has 0 unspecified atom stereocenters. The molecule has 0 aliphatic rings. The molecule has 114 valence electrons. The Bertz CT molecular complexity index is 559. The van der Waals surface area contributed by atoms with Crippen molar-refractivity contribution in [2.75, 3.05) is 24.7 Å². The van der Waals surface area contributed by atoms with E-state index in [1.54, 1.807) is 6.92 Å². The molecule has 0 heterocycles. The average Bonchev–Trinajstić information content (AvgIpc) is 2.37. The fraction of sp³-hybridized carbons (Fsp3) is 0.500. The van der Waals surface area contributed by atoms with Crippen LogP contribution in [0.3, 0.4) is 0 Å². The Morgan fingerprint density at radius 1 is 1.25 bits per heavy atom. The Kier molecular flexibility index (Phi) is 5.85. The molecule has 0 bridgehead atoms. The zero-order valence-corrected chi connectivity index (χ0v) is 12.3. The van der Waals surface area contributed by atoms with E-state index < -0.39 is 33.5 Å². The Balaban J connectivity index is 3.22. The van der Waals surface area contributed by atoms with Crippen LogP contribution >= 0.6 is 0 Å². The van der Waals surface area contributed by atoms with Crippen LogP contribution in [0.15, 0.2) is 12.1 Å². The van der Waals surface area contributed by atoms with Crippen LogP contribution < -0.4 is 4.72 Å². The van der Waals surface area contributed by atoms with Crippen molar-refractivity contribution in [1.29, 1.82) is 0 Å². The van der Waals surface area contributed by atoms with Gasteiger partial charge in [-0.15, -0.1) is 0 Å². The van der Waals surface area contributed by atoms with Crippen LogP contribution in [-0.2, 0) is 19.5 Å². The van der Waals surface area contributed by atoms with Crippen LogP contribution in [0, 0.1) is 11.6 Å². The summed E-state index contributed by atoms with van der Waals surface area (Å²) in [6.45, 7) is 1.68. The van der Waals surface area contributed by atoms with E-state index in [-0.39, 0.29) is 11.4 Å². The minimum absolute atomic E-state index is 0.156. The molecule has 0 saturated heterocycles. The summed E-state index contributed by atoms with van der Waals surface area (Å²) >= 11 is 0. The summed E-state index contributed by atoms with van der Waals surface area (Å²) in [5.41, 5.74) is -0.819. The van der Waals surface area contributed by atoms with Gasteiger partial charge in [0, 0.05) is 14.2 Å². The summed E-state index contributed by atoms with van der Waals surface area (Å²) in [5, 5.41) is 0. The minimum atomic E-state index is -3.67. The molecule has 0 fully saturated rings. The number of benzene rings is 1.